The van der Waals surface area contributed by atoms with E-state index in [0.717, 1.165) is 38.3 Å². The monoisotopic (exact) mass is 386 g/mol. The second kappa shape index (κ2) is 9.64. The molecule has 0 radical (unpaired) electrons. The Morgan fingerprint density at radius 1 is 0.724 bits per heavy atom. The number of hydrogen-bond acceptors (Lipinski definition) is 2. The van der Waals surface area contributed by atoms with Gasteiger partial charge in [0.05, 0.1) is 6.04 Å². The molecule has 3 heteroatoms. The Kier molecular flexibility index (Phi) is 6.50. The first kappa shape index (κ1) is 19.6. The summed E-state index contributed by atoms with van der Waals surface area (Å²) in [6, 6.07) is 28.5. The molecule has 0 atom stereocenters. The van der Waals surface area contributed by atoms with Crippen LogP contribution in [-0.2, 0) is 0 Å². The molecule has 0 bridgehead atoms. The van der Waals surface area contributed by atoms with Crippen LogP contribution < -0.4 is 0 Å². The van der Waals surface area contributed by atoms with Crippen LogP contribution in [0.15, 0.2) is 91.0 Å². The van der Waals surface area contributed by atoms with Gasteiger partial charge in [-0.3, -0.25) is 9.80 Å². The van der Waals surface area contributed by atoms with Gasteiger partial charge in [-0.05, 0) is 28.8 Å². The molecular weight excluding hydrogens is 359 g/mol. The molecule has 1 aliphatic rings. The van der Waals surface area contributed by atoms with Crippen molar-refractivity contribution >= 4 is 6.08 Å². The number of benzene rings is 3. The molecule has 1 fully saturated rings. The second-order valence-corrected chi connectivity index (χ2v) is 7.51. The van der Waals surface area contributed by atoms with Crippen molar-refractivity contribution in [2.24, 2.45) is 0 Å². The molecule has 1 heterocycles. The molecule has 0 unspecified atom stereocenters. The zero-order valence-corrected chi connectivity index (χ0v) is 16.6. The predicted molar refractivity (Wildman–Crippen MR) is 118 cm³/mol. The van der Waals surface area contributed by atoms with Crippen LogP contribution in [0.1, 0.15) is 22.7 Å². The summed E-state index contributed by atoms with van der Waals surface area (Å²) in [4.78, 5) is 5.06. The van der Waals surface area contributed by atoms with E-state index in [0.29, 0.717) is 6.04 Å². The maximum Gasteiger partial charge on any atom is 0.123 e. The lowest BCUT2D eigenvalue weighted by molar-refractivity contribution is 0.118. The fourth-order valence-electron chi connectivity index (χ4n) is 4.00. The summed E-state index contributed by atoms with van der Waals surface area (Å²) in [5, 5.41) is 0. The van der Waals surface area contributed by atoms with Gasteiger partial charge in [-0.2, -0.15) is 0 Å². The zero-order chi connectivity index (χ0) is 19.9. The Hall–Kier alpha value is -2.75. The summed E-state index contributed by atoms with van der Waals surface area (Å²) < 4.78 is 13.0. The molecule has 1 saturated heterocycles. The third-order valence-electron chi connectivity index (χ3n) is 5.55. The van der Waals surface area contributed by atoms with Crippen molar-refractivity contribution in [3.63, 3.8) is 0 Å². The Morgan fingerprint density at radius 3 is 1.83 bits per heavy atom. The maximum atomic E-state index is 13.0. The molecule has 0 N–H and O–H groups in total. The van der Waals surface area contributed by atoms with Crippen LogP contribution in [0.25, 0.3) is 6.08 Å². The van der Waals surface area contributed by atoms with Gasteiger partial charge in [-0.25, -0.2) is 4.39 Å². The predicted octanol–water partition coefficient (Wildman–Crippen LogP) is 5.25. The molecule has 0 aliphatic carbocycles. The first-order valence-electron chi connectivity index (χ1n) is 10.3. The van der Waals surface area contributed by atoms with Crippen molar-refractivity contribution in [1.82, 2.24) is 9.80 Å². The van der Waals surface area contributed by atoms with E-state index in [1.807, 2.05) is 12.1 Å². The largest absolute Gasteiger partial charge is 0.297 e. The van der Waals surface area contributed by atoms with Crippen LogP contribution in [0, 0.1) is 5.82 Å². The van der Waals surface area contributed by atoms with E-state index >= 15 is 0 Å². The molecule has 0 amide bonds. The lowest BCUT2D eigenvalue weighted by Crippen LogP contribution is -2.47. The number of rotatable bonds is 6. The molecule has 2 nitrogen and oxygen atoms in total. The molecule has 29 heavy (non-hydrogen) atoms. The number of piperazine rings is 1. The van der Waals surface area contributed by atoms with E-state index in [9.17, 15) is 4.39 Å². The van der Waals surface area contributed by atoms with E-state index in [1.54, 1.807) is 0 Å². The highest BCUT2D eigenvalue weighted by molar-refractivity contribution is 5.49. The van der Waals surface area contributed by atoms with Crippen molar-refractivity contribution in [2.45, 2.75) is 6.04 Å². The van der Waals surface area contributed by atoms with Gasteiger partial charge in [0.2, 0.25) is 0 Å². The van der Waals surface area contributed by atoms with Crippen molar-refractivity contribution in [2.75, 3.05) is 32.7 Å². The fraction of sp³-hybridized carbons (Fsp3) is 0.231. The molecule has 0 spiro atoms. The molecular formula is C26H27FN2. The minimum atomic E-state index is -0.190. The van der Waals surface area contributed by atoms with Crippen molar-refractivity contribution in [3.8, 4) is 0 Å². The molecule has 4 rings (SSSR count). The first-order chi connectivity index (χ1) is 14.3. The topological polar surface area (TPSA) is 6.48 Å². The van der Waals surface area contributed by atoms with Gasteiger partial charge in [0.25, 0.3) is 0 Å². The highest BCUT2D eigenvalue weighted by Gasteiger charge is 2.25. The Labute approximate surface area is 172 Å². The molecule has 148 valence electrons. The first-order valence-corrected chi connectivity index (χ1v) is 10.3. The van der Waals surface area contributed by atoms with E-state index < -0.39 is 0 Å². The van der Waals surface area contributed by atoms with Gasteiger partial charge in [0, 0.05) is 32.7 Å². The molecule has 1 aliphatic heterocycles. The van der Waals surface area contributed by atoms with E-state index in [2.05, 4.69) is 82.6 Å². The quantitative estimate of drug-likeness (QED) is 0.571. The van der Waals surface area contributed by atoms with Crippen LogP contribution >= 0.6 is 0 Å². The highest BCUT2D eigenvalue weighted by Crippen LogP contribution is 2.29. The van der Waals surface area contributed by atoms with Gasteiger partial charge in [-0.1, -0.05) is 84.9 Å². The summed E-state index contributed by atoms with van der Waals surface area (Å²) in [7, 11) is 0. The average molecular weight is 387 g/mol. The second-order valence-electron chi connectivity index (χ2n) is 7.51. The lowest BCUT2D eigenvalue weighted by Gasteiger charge is -2.39. The summed E-state index contributed by atoms with van der Waals surface area (Å²) >= 11 is 0. The van der Waals surface area contributed by atoms with Gasteiger partial charge < -0.3 is 0 Å². The van der Waals surface area contributed by atoms with Crippen LogP contribution in [0.4, 0.5) is 4.39 Å². The summed E-state index contributed by atoms with van der Waals surface area (Å²) in [5.41, 5.74) is 3.74. The number of halogens is 1. The summed E-state index contributed by atoms with van der Waals surface area (Å²) in [5.74, 6) is -0.190. The molecule has 0 saturated carbocycles. The van der Waals surface area contributed by atoms with Gasteiger partial charge in [0.15, 0.2) is 0 Å². The normalized spacial score (nSPS) is 15.9. The van der Waals surface area contributed by atoms with Crippen LogP contribution in [0.2, 0.25) is 0 Å². The summed E-state index contributed by atoms with van der Waals surface area (Å²) in [6.45, 7) is 5.10. The maximum absolute atomic E-state index is 13.0. The third-order valence-corrected chi connectivity index (χ3v) is 5.55. The van der Waals surface area contributed by atoms with Crippen LogP contribution in [0.3, 0.4) is 0 Å². The van der Waals surface area contributed by atoms with Gasteiger partial charge in [-0.15, -0.1) is 0 Å². The van der Waals surface area contributed by atoms with Crippen LogP contribution in [-0.4, -0.2) is 42.5 Å². The zero-order valence-electron chi connectivity index (χ0n) is 16.6. The highest BCUT2D eigenvalue weighted by atomic mass is 19.1. The van der Waals surface area contributed by atoms with Crippen molar-refractivity contribution in [1.29, 1.82) is 0 Å². The minimum Gasteiger partial charge on any atom is -0.297 e. The minimum absolute atomic E-state index is 0.190. The molecule has 0 aromatic heterocycles. The SMILES string of the molecule is Fc1ccc(C=CCN2CCN(C(c3ccccc3)c3ccccc3)CC2)cc1. The molecule has 3 aromatic carbocycles. The number of hydrogen-bond donors (Lipinski definition) is 0. The fourth-order valence-corrected chi connectivity index (χ4v) is 4.00. The van der Waals surface area contributed by atoms with E-state index in [4.69, 9.17) is 0 Å². The summed E-state index contributed by atoms with van der Waals surface area (Å²) in [6.07, 6.45) is 4.25. The molecule has 3 aromatic rings. The van der Waals surface area contributed by atoms with E-state index in [-0.39, 0.29) is 5.82 Å². The third kappa shape index (κ3) is 5.20. The van der Waals surface area contributed by atoms with Gasteiger partial charge in [0.1, 0.15) is 5.82 Å². The number of nitrogens with zero attached hydrogens (tertiary/aromatic N) is 2. The Morgan fingerprint density at radius 2 is 1.28 bits per heavy atom. The van der Waals surface area contributed by atoms with E-state index in [1.165, 1.54) is 23.3 Å². The van der Waals surface area contributed by atoms with Crippen molar-refractivity contribution in [3.05, 3.63) is 114 Å². The Bertz CT molecular complexity index is 859. The van der Waals surface area contributed by atoms with Gasteiger partial charge >= 0.3 is 0 Å². The standard InChI is InChI=1S/C26H27FN2/c27-25-15-13-22(14-16-25)8-7-17-28-18-20-29(21-19-28)26(23-9-3-1-4-10-23)24-11-5-2-6-12-24/h1-16,26H,17-21H2. The van der Waals surface area contributed by atoms with Crippen LogP contribution in [0.5, 0.6) is 0 Å². The van der Waals surface area contributed by atoms with Crippen molar-refractivity contribution < 1.29 is 4.39 Å². The lowest BCUT2D eigenvalue weighted by atomic mass is 9.96. The average Bonchev–Trinajstić information content (AvgIpc) is 2.78. The Balaban J connectivity index is 1.38. The smallest absolute Gasteiger partial charge is 0.123 e.